The highest BCUT2D eigenvalue weighted by Crippen LogP contribution is 2.55. The lowest BCUT2D eigenvalue weighted by atomic mass is 10.1. The van der Waals surface area contributed by atoms with Gasteiger partial charge in [-0.2, -0.15) is 0 Å². The summed E-state index contributed by atoms with van der Waals surface area (Å²) in [6, 6.07) is 5.41. The van der Waals surface area contributed by atoms with Gasteiger partial charge in [0.25, 0.3) is 5.91 Å². The number of aromatic nitrogens is 1. The molecule has 1 saturated carbocycles. The summed E-state index contributed by atoms with van der Waals surface area (Å²) in [5.41, 5.74) is 6.16. The number of hydrogen-bond donors (Lipinski definition) is 2. The van der Waals surface area contributed by atoms with Gasteiger partial charge in [0.1, 0.15) is 5.75 Å². The van der Waals surface area contributed by atoms with Gasteiger partial charge >= 0.3 is 0 Å². The summed E-state index contributed by atoms with van der Waals surface area (Å²) in [6.45, 7) is 6.58. The number of rotatable bonds is 6. The molecule has 2 aliphatic rings. The molecule has 1 aliphatic carbocycles. The van der Waals surface area contributed by atoms with Crippen molar-refractivity contribution >= 4 is 16.7 Å². The van der Waals surface area contributed by atoms with Crippen LogP contribution in [0.25, 0.3) is 10.8 Å². The Morgan fingerprint density at radius 3 is 2.96 bits per heavy atom. The van der Waals surface area contributed by atoms with Crippen molar-refractivity contribution in [2.45, 2.75) is 26.4 Å². The van der Waals surface area contributed by atoms with Crippen LogP contribution >= 0.6 is 0 Å². The van der Waals surface area contributed by atoms with Crippen LogP contribution in [0.4, 0.5) is 0 Å². The Hall–Kier alpha value is -2.34. The predicted molar refractivity (Wildman–Crippen MR) is 94.9 cm³/mol. The molecule has 1 saturated heterocycles. The number of amides is 1. The number of benzene rings is 1. The standard InChI is InChI=1S/C19H23N3O3/c1-11(2)25-16-6-14-12(5-15(16)17(20)23)3-4-22-18(14)24-10-19-7-13(19)8-21-9-19/h3-6,11,13,21H,7-10H2,1-2H3,(H2,20,23)/t13-,19+/m1/s1. The number of piperidine rings is 1. The molecule has 132 valence electrons. The highest BCUT2D eigenvalue weighted by atomic mass is 16.5. The first-order valence-electron chi connectivity index (χ1n) is 8.71. The van der Waals surface area contributed by atoms with Gasteiger partial charge in [-0.25, -0.2) is 4.98 Å². The van der Waals surface area contributed by atoms with Crippen molar-refractivity contribution in [3.8, 4) is 11.6 Å². The quantitative estimate of drug-likeness (QED) is 0.840. The summed E-state index contributed by atoms with van der Waals surface area (Å²) >= 11 is 0. The number of nitrogens with zero attached hydrogens (tertiary/aromatic N) is 1. The fourth-order valence-corrected chi connectivity index (χ4v) is 3.71. The number of nitrogens with two attached hydrogens (primary N) is 1. The van der Waals surface area contributed by atoms with E-state index in [0.717, 1.165) is 29.8 Å². The summed E-state index contributed by atoms with van der Waals surface area (Å²) in [4.78, 5) is 16.2. The van der Waals surface area contributed by atoms with Crippen LogP contribution in [0.5, 0.6) is 11.6 Å². The predicted octanol–water partition coefficient (Wildman–Crippen LogP) is 2.11. The Morgan fingerprint density at radius 2 is 2.32 bits per heavy atom. The zero-order chi connectivity index (χ0) is 17.6. The summed E-state index contributed by atoms with van der Waals surface area (Å²) in [7, 11) is 0. The maximum Gasteiger partial charge on any atom is 0.252 e. The number of ether oxygens (including phenoxy) is 2. The fourth-order valence-electron chi connectivity index (χ4n) is 3.71. The SMILES string of the molecule is CC(C)Oc1cc2c(OC[C@]34CNC[C@H]3C4)nccc2cc1C(N)=O. The first kappa shape index (κ1) is 16.1. The van der Waals surface area contributed by atoms with Crippen LogP contribution in [-0.2, 0) is 0 Å². The normalized spacial score (nSPS) is 24.4. The van der Waals surface area contributed by atoms with Gasteiger partial charge in [0.15, 0.2) is 0 Å². The minimum atomic E-state index is -0.506. The minimum absolute atomic E-state index is 0.0627. The molecular formula is C19H23N3O3. The molecule has 6 nitrogen and oxygen atoms in total. The van der Waals surface area contributed by atoms with E-state index < -0.39 is 5.91 Å². The van der Waals surface area contributed by atoms with Gasteiger partial charge < -0.3 is 20.5 Å². The number of fused-ring (bicyclic) bond motifs is 2. The molecule has 2 atom stereocenters. The zero-order valence-corrected chi connectivity index (χ0v) is 14.5. The summed E-state index contributed by atoms with van der Waals surface area (Å²) < 4.78 is 11.9. The van der Waals surface area contributed by atoms with Crippen LogP contribution in [0.15, 0.2) is 24.4 Å². The Labute approximate surface area is 146 Å². The number of nitrogens with one attached hydrogen (secondary N) is 1. The van der Waals surface area contributed by atoms with E-state index in [1.165, 1.54) is 6.42 Å². The highest BCUT2D eigenvalue weighted by Gasteiger charge is 2.57. The van der Waals surface area contributed by atoms with Crippen LogP contribution in [0.1, 0.15) is 30.6 Å². The van der Waals surface area contributed by atoms with Crippen molar-refractivity contribution < 1.29 is 14.3 Å². The van der Waals surface area contributed by atoms with E-state index in [1.54, 1.807) is 12.3 Å². The highest BCUT2D eigenvalue weighted by molar-refractivity contribution is 6.01. The van der Waals surface area contributed by atoms with Gasteiger partial charge in [-0.15, -0.1) is 0 Å². The number of primary amides is 1. The van der Waals surface area contributed by atoms with Gasteiger partial charge in [-0.05, 0) is 56.3 Å². The largest absolute Gasteiger partial charge is 0.490 e. The van der Waals surface area contributed by atoms with E-state index in [0.29, 0.717) is 23.8 Å². The molecule has 4 rings (SSSR count). The molecule has 1 amide bonds. The fraction of sp³-hybridized carbons (Fsp3) is 0.474. The van der Waals surface area contributed by atoms with Crippen LogP contribution < -0.4 is 20.5 Å². The van der Waals surface area contributed by atoms with E-state index >= 15 is 0 Å². The second-order valence-corrected chi connectivity index (χ2v) is 7.40. The molecule has 2 fully saturated rings. The van der Waals surface area contributed by atoms with E-state index in [9.17, 15) is 4.79 Å². The average Bonchev–Trinajstić information content (AvgIpc) is 3.11. The summed E-state index contributed by atoms with van der Waals surface area (Å²) in [6.07, 6.45) is 2.85. The lowest BCUT2D eigenvalue weighted by Crippen LogP contribution is -2.22. The molecule has 0 radical (unpaired) electrons. The van der Waals surface area contributed by atoms with Crippen LogP contribution in [0.2, 0.25) is 0 Å². The molecule has 1 aliphatic heterocycles. The summed E-state index contributed by atoms with van der Waals surface area (Å²) in [5.74, 6) is 1.27. The van der Waals surface area contributed by atoms with E-state index in [2.05, 4.69) is 10.3 Å². The lowest BCUT2D eigenvalue weighted by Gasteiger charge is -2.17. The Balaban J connectivity index is 1.68. The maximum absolute atomic E-state index is 11.8. The number of carbonyl (C=O) groups is 1. The van der Waals surface area contributed by atoms with E-state index in [1.807, 2.05) is 26.0 Å². The summed E-state index contributed by atoms with van der Waals surface area (Å²) in [5, 5.41) is 5.12. The third-order valence-corrected chi connectivity index (χ3v) is 5.18. The Kier molecular flexibility index (Phi) is 3.80. The van der Waals surface area contributed by atoms with Crippen molar-refractivity contribution in [2.75, 3.05) is 19.7 Å². The number of pyridine rings is 1. The van der Waals surface area contributed by atoms with Crippen molar-refractivity contribution in [3.63, 3.8) is 0 Å². The molecule has 0 spiro atoms. The molecule has 3 N–H and O–H groups in total. The van der Waals surface area contributed by atoms with Crippen molar-refractivity contribution in [1.29, 1.82) is 0 Å². The first-order chi connectivity index (χ1) is 12.0. The molecule has 2 aromatic rings. The molecule has 0 bridgehead atoms. The topological polar surface area (TPSA) is 86.5 Å². The number of carbonyl (C=O) groups excluding carboxylic acids is 1. The Bertz CT molecular complexity index is 836. The first-order valence-corrected chi connectivity index (χ1v) is 8.71. The van der Waals surface area contributed by atoms with Crippen LogP contribution in [0, 0.1) is 11.3 Å². The van der Waals surface area contributed by atoms with Gasteiger partial charge in [-0.1, -0.05) is 0 Å². The van der Waals surface area contributed by atoms with Crippen LogP contribution in [-0.4, -0.2) is 36.7 Å². The van der Waals surface area contributed by atoms with E-state index in [4.69, 9.17) is 15.2 Å². The smallest absolute Gasteiger partial charge is 0.252 e. The molecule has 1 aromatic carbocycles. The second kappa shape index (κ2) is 5.88. The molecular weight excluding hydrogens is 318 g/mol. The second-order valence-electron chi connectivity index (χ2n) is 7.40. The molecule has 25 heavy (non-hydrogen) atoms. The third-order valence-electron chi connectivity index (χ3n) is 5.18. The Morgan fingerprint density at radius 1 is 1.48 bits per heavy atom. The molecule has 2 heterocycles. The monoisotopic (exact) mass is 341 g/mol. The maximum atomic E-state index is 11.8. The number of hydrogen-bond acceptors (Lipinski definition) is 5. The third kappa shape index (κ3) is 2.91. The molecule has 0 unspecified atom stereocenters. The lowest BCUT2D eigenvalue weighted by molar-refractivity contribution is 0.0994. The molecule has 6 heteroatoms. The van der Waals surface area contributed by atoms with Gasteiger partial charge in [-0.3, -0.25) is 4.79 Å². The average molecular weight is 341 g/mol. The van der Waals surface area contributed by atoms with Crippen LogP contribution in [0.3, 0.4) is 0 Å². The minimum Gasteiger partial charge on any atom is -0.490 e. The van der Waals surface area contributed by atoms with E-state index in [-0.39, 0.29) is 11.5 Å². The van der Waals surface area contributed by atoms with Crippen molar-refractivity contribution in [2.24, 2.45) is 17.1 Å². The van der Waals surface area contributed by atoms with Gasteiger partial charge in [0.05, 0.1) is 18.3 Å². The zero-order valence-electron chi connectivity index (χ0n) is 14.5. The van der Waals surface area contributed by atoms with Gasteiger partial charge in [0, 0.05) is 23.5 Å². The van der Waals surface area contributed by atoms with Gasteiger partial charge in [0.2, 0.25) is 5.88 Å². The van der Waals surface area contributed by atoms with Crippen molar-refractivity contribution in [1.82, 2.24) is 10.3 Å². The molecule has 1 aromatic heterocycles. The van der Waals surface area contributed by atoms with Crippen molar-refractivity contribution in [3.05, 3.63) is 30.0 Å².